The molecule has 0 amide bonds. The molecule has 2 aliphatic rings. The van der Waals surface area contributed by atoms with Crippen LogP contribution in [0.5, 0.6) is 0 Å². The molecule has 94 valence electrons. The highest BCUT2D eigenvalue weighted by molar-refractivity contribution is 7.84. The molecule has 1 saturated carbocycles. The molecule has 1 saturated heterocycles. The Morgan fingerprint density at radius 3 is 2.94 bits per heavy atom. The van der Waals surface area contributed by atoms with Crippen LogP contribution in [-0.2, 0) is 15.5 Å². The second-order valence-electron chi connectivity index (χ2n) is 5.63. The quantitative estimate of drug-likeness (QED) is 0.739. The zero-order valence-corrected chi connectivity index (χ0v) is 11.3. The highest BCUT2D eigenvalue weighted by Gasteiger charge is 2.58. The van der Waals surface area contributed by atoms with E-state index in [2.05, 4.69) is 19.2 Å². The first kappa shape index (κ1) is 12.5. The van der Waals surface area contributed by atoms with E-state index >= 15 is 0 Å². The number of nitrogens with one attached hydrogen (secondary N) is 1. The molecule has 0 bridgehead atoms. The highest BCUT2D eigenvalue weighted by atomic mass is 32.2. The van der Waals surface area contributed by atoms with Gasteiger partial charge in [-0.15, -0.1) is 0 Å². The van der Waals surface area contributed by atoms with Gasteiger partial charge in [0.25, 0.3) is 0 Å². The first-order valence-electron chi connectivity index (χ1n) is 6.18. The summed E-state index contributed by atoms with van der Waals surface area (Å²) in [5.41, 5.74) is 0.270. The second-order valence-corrected chi connectivity index (χ2v) is 7.18. The van der Waals surface area contributed by atoms with E-state index in [1.165, 1.54) is 6.42 Å². The van der Waals surface area contributed by atoms with E-state index in [0.29, 0.717) is 18.1 Å². The minimum Gasteiger partial charge on any atom is -0.377 e. The maximum atomic E-state index is 10.9. The van der Waals surface area contributed by atoms with Crippen molar-refractivity contribution in [3.63, 3.8) is 0 Å². The molecule has 16 heavy (non-hydrogen) atoms. The Labute approximate surface area is 101 Å². The summed E-state index contributed by atoms with van der Waals surface area (Å²) in [6.45, 7) is 6.48. The van der Waals surface area contributed by atoms with Crippen LogP contribution in [-0.4, -0.2) is 41.5 Å². The summed E-state index contributed by atoms with van der Waals surface area (Å²) < 4.78 is 16.7. The Morgan fingerprint density at radius 2 is 2.25 bits per heavy atom. The highest BCUT2D eigenvalue weighted by Crippen LogP contribution is 2.51. The van der Waals surface area contributed by atoms with Crippen molar-refractivity contribution in [1.29, 1.82) is 0 Å². The van der Waals surface area contributed by atoms with Gasteiger partial charge in [0, 0.05) is 46.8 Å². The lowest BCUT2D eigenvalue weighted by Crippen LogP contribution is -2.65. The van der Waals surface area contributed by atoms with Crippen LogP contribution < -0.4 is 5.32 Å². The van der Waals surface area contributed by atoms with Crippen molar-refractivity contribution >= 4 is 10.8 Å². The van der Waals surface area contributed by atoms with Crippen molar-refractivity contribution in [2.75, 3.05) is 25.2 Å². The third kappa shape index (κ3) is 2.20. The maximum Gasteiger partial charge on any atom is 0.0685 e. The summed E-state index contributed by atoms with van der Waals surface area (Å²) >= 11 is 0. The summed E-state index contributed by atoms with van der Waals surface area (Å²) in [5, 5.41) is 3.62. The summed E-state index contributed by atoms with van der Waals surface area (Å²) in [6.07, 6.45) is 4.44. The van der Waals surface area contributed by atoms with Gasteiger partial charge in [-0.25, -0.2) is 0 Å². The van der Waals surface area contributed by atoms with E-state index in [0.717, 1.165) is 25.3 Å². The Bertz CT molecular complexity index is 280. The van der Waals surface area contributed by atoms with Crippen molar-refractivity contribution in [3.8, 4) is 0 Å². The number of hydrogen-bond donors (Lipinski definition) is 1. The molecule has 4 unspecified atom stereocenters. The zero-order valence-electron chi connectivity index (χ0n) is 10.5. The van der Waals surface area contributed by atoms with E-state index in [4.69, 9.17) is 4.74 Å². The fraction of sp³-hybridized carbons (Fsp3) is 1.00. The van der Waals surface area contributed by atoms with Crippen LogP contribution >= 0.6 is 0 Å². The summed E-state index contributed by atoms with van der Waals surface area (Å²) in [6, 6.07) is 0.588. The van der Waals surface area contributed by atoms with Gasteiger partial charge in [-0.05, 0) is 19.4 Å². The molecule has 0 aromatic rings. The zero-order chi connectivity index (χ0) is 11.8. The summed E-state index contributed by atoms with van der Waals surface area (Å²) in [5.74, 6) is 1.52. The van der Waals surface area contributed by atoms with Crippen LogP contribution in [0.4, 0.5) is 0 Å². The standard InChI is InChI=1S/C12H23NO2S/c1-12(2)10(9-5-7-15-11(9)12)13-6-4-8-16(3)14/h9-11,13H,4-8H2,1-3H3. The van der Waals surface area contributed by atoms with Crippen LogP contribution in [0.1, 0.15) is 26.7 Å². The second kappa shape index (κ2) is 4.75. The predicted octanol–water partition coefficient (Wildman–Crippen LogP) is 1.16. The van der Waals surface area contributed by atoms with E-state index in [-0.39, 0.29) is 5.41 Å². The number of ether oxygens (including phenoxy) is 1. The SMILES string of the molecule is CS(=O)CCCNC1C2CCOC2C1(C)C. The largest absolute Gasteiger partial charge is 0.377 e. The van der Waals surface area contributed by atoms with Crippen molar-refractivity contribution in [3.05, 3.63) is 0 Å². The molecule has 0 radical (unpaired) electrons. The smallest absolute Gasteiger partial charge is 0.0685 e. The molecular formula is C12H23NO2S. The maximum absolute atomic E-state index is 10.9. The Hall–Kier alpha value is 0.0700. The van der Waals surface area contributed by atoms with Crippen LogP contribution in [0.25, 0.3) is 0 Å². The predicted molar refractivity (Wildman–Crippen MR) is 67.0 cm³/mol. The number of rotatable bonds is 5. The molecule has 1 aliphatic heterocycles. The van der Waals surface area contributed by atoms with Gasteiger partial charge in [0.2, 0.25) is 0 Å². The lowest BCUT2D eigenvalue weighted by Gasteiger charge is -2.55. The normalized spacial score (nSPS) is 37.8. The fourth-order valence-corrected chi connectivity index (χ4v) is 3.82. The Kier molecular flexibility index (Phi) is 3.72. The molecule has 0 aromatic heterocycles. The minimum absolute atomic E-state index is 0.270. The Morgan fingerprint density at radius 1 is 1.50 bits per heavy atom. The first-order valence-corrected chi connectivity index (χ1v) is 7.91. The molecule has 1 aliphatic carbocycles. The lowest BCUT2D eigenvalue weighted by molar-refractivity contribution is -0.112. The van der Waals surface area contributed by atoms with Crippen molar-refractivity contribution in [2.24, 2.45) is 11.3 Å². The van der Waals surface area contributed by atoms with Crippen molar-refractivity contribution < 1.29 is 8.95 Å². The molecular weight excluding hydrogens is 222 g/mol. The van der Waals surface area contributed by atoms with Crippen LogP contribution in [0, 0.1) is 11.3 Å². The van der Waals surface area contributed by atoms with Gasteiger partial charge in [-0.1, -0.05) is 13.8 Å². The van der Waals surface area contributed by atoms with Crippen LogP contribution in [0.3, 0.4) is 0 Å². The summed E-state index contributed by atoms with van der Waals surface area (Å²) in [7, 11) is -0.653. The molecule has 2 rings (SSSR count). The first-order chi connectivity index (χ1) is 7.53. The molecule has 1 N–H and O–H groups in total. The van der Waals surface area contributed by atoms with Gasteiger partial charge in [0.15, 0.2) is 0 Å². The summed E-state index contributed by atoms with van der Waals surface area (Å²) in [4.78, 5) is 0. The monoisotopic (exact) mass is 245 g/mol. The average Bonchev–Trinajstić information content (AvgIpc) is 2.63. The van der Waals surface area contributed by atoms with Gasteiger partial charge in [-0.3, -0.25) is 4.21 Å². The van der Waals surface area contributed by atoms with Gasteiger partial charge in [0.1, 0.15) is 0 Å². The molecule has 2 fully saturated rings. The van der Waals surface area contributed by atoms with E-state index in [1.54, 1.807) is 6.26 Å². The third-order valence-corrected chi connectivity index (χ3v) is 4.94. The van der Waals surface area contributed by atoms with Crippen LogP contribution in [0.15, 0.2) is 0 Å². The van der Waals surface area contributed by atoms with Gasteiger partial charge >= 0.3 is 0 Å². The topological polar surface area (TPSA) is 38.3 Å². The fourth-order valence-electron chi connectivity index (χ4n) is 3.27. The molecule has 4 atom stereocenters. The average molecular weight is 245 g/mol. The third-order valence-electron chi connectivity index (χ3n) is 4.07. The number of hydrogen-bond acceptors (Lipinski definition) is 3. The molecule has 0 spiro atoms. The van der Waals surface area contributed by atoms with Gasteiger partial charge < -0.3 is 10.1 Å². The Balaban J connectivity index is 1.75. The van der Waals surface area contributed by atoms with Crippen molar-refractivity contribution in [2.45, 2.75) is 38.8 Å². The van der Waals surface area contributed by atoms with E-state index in [9.17, 15) is 4.21 Å². The van der Waals surface area contributed by atoms with E-state index < -0.39 is 10.8 Å². The lowest BCUT2D eigenvalue weighted by atomic mass is 9.57. The van der Waals surface area contributed by atoms with Crippen LogP contribution in [0.2, 0.25) is 0 Å². The molecule has 1 heterocycles. The molecule has 0 aromatic carbocycles. The van der Waals surface area contributed by atoms with Crippen molar-refractivity contribution in [1.82, 2.24) is 5.32 Å². The van der Waals surface area contributed by atoms with Gasteiger partial charge in [0.05, 0.1) is 6.10 Å². The number of fused-ring (bicyclic) bond motifs is 1. The minimum atomic E-state index is -0.653. The van der Waals surface area contributed by atoms with Gasteiger partial charge in [-0.2, -0.15) is 0 Å². The molecule has 3 nitrogen and oxygen atoms in total. The van der Waals surface area contributed by atoms with E-state index in [1.807, 2.05) is 0 Å². The molecule has 4 heteroatoms.